The first-order valence-electron chi connectivity index (χ1n) is 6.43. The van der Waals surface area contributed by atoms with Crippen LogP contribution in [0.3, 0.4) is 0 Å². The predicted molar refractivity (Wildman–Crippen MR) is 61.1 cm³/mol. The molecule has 0 amide bonds. The molecule has 0 aromatic rings. The van der Waals surface area contributed by atoms with Gasteiger partial charge in [-0.05, 0) is 26.2 Å². The molecule has 3 heteroatoms. The van der Waals surface area contributed by atoms with E-state index < -0.39 is 0 Å². The van der Waals surface area contributed by atoms with Gasteiger partial charge in [-0.1, -0.05) is 13.3 Å². The van der Waals surface area contributed by atoms with Crippen molar-refractivity contribution in [2.45, 2.75) is 64.3 Å². The standard InChI is InChI=1S/C13H22O3/c1-10(11(2)14)8-12-9-15-13(16-12)6-4-3-5-7-13/h10,12H,3-9H2,1-2H3/t10?,12-/m0/s1. The van der Waals surface area contributed by atoms with Crippen molar-refractivity contribution in [3.05, 3.63) is 0 Å². The first-order valence-corrected chi connectivity index (χ1v) is 6.43. The van der Waals surface area contributed by atoms with Crippen LogP contribution in [0, 0.1) is 5.92 Å². The van der Waals surface area contributed by atoms with Gasteiger partial charge >= 0.3 is 0 Å². The molecular weight excluding hydrogens is 204 g/mol. The van der Waals surface area contributed by atoms with Gasteiger partial charge in [0.1, 0.15) is 5.78 Å². The summed E-state index contributed by atoms with van der Waals surface area (Å²) in [5, 5.41) is 0. The van der Waals surface area contributed by atoms with Gasteiger partial charge in [0.25, 0.3) is 0 Å². The van der Waals surface area contributed by atoms with E-state index in [2.05, 4.69) is 0 Å². The summed E-state index contributed by atoms with van der Waals surface area (Å²) in [4.78, 5) is 11.2. The smallest absolute Gasteiger partial charge is 0.168 e. The second-order valence-corrected chi connectivity index (χ2v) is 5.27. The van der Waals surface area contributed by atoms with Gasteiger partial charge in [0.15, 0.2) is 5.79 Å². The lowest BCUT2D eigenvalue weighted by molar-refractivity contribution is -0.188. The Morgan fingerprint density at radius 3 is 2.69 bits per heavy atom. The van der Waals surface area contributed by atoms with Crippen LogP contribution in [0.25, 0.3) is 0 Å². The lowest BCUT2D eigenvalue weighted by atomic mass is 9.94. The zero-order valence-corrected chi connectivity index (χ0v) is 10.3. The van der Waals surface area contributed by atoms with Crippen LogP contribution in [0.5, 0.6) is 0 Å². The molecule has 1 unspecified atom stereocenters. The van der Waals surface area contributed by atoms with Crippen molar-refractivity contribution < 1.29 is 14.3 Å². The van der Waals surface area contributed by atoms with Gasteiger partial charge in [-0.25, -0.2) is 0 Å². The molecule has 2 atom stereocenters. The zero-order valence-electron chi connectivity index (χ0n) is 10.3. The topological polar surface area (TPSA) is 35.5 Å². The van der Waals surface area contributed by atoms with Gasteiger partial charge in [-0.15, -0.1) is 0 Å². The van der Waals surface area contributed by atoms with Crippen molar-refractivity contribution in [3.8, 4) is 0 Å². The number of carbonyl (C=O) groups is 1. The minimum atomic E-state index is -0.292. The molecule has 1 aliphatic heterocycles. The molecule has 3 nitrogen and oxygen atoms in total. The highest BCUT2D eigenvalue weighted by atomic mass is 16.7. The summed E-state index contributed by atoms with van der Waals surface area (Å²) in [6, 6.07) is 0. The number of hydrogen-bond donors (Lipinski definition) is 0. The van der Waals surface area contributed by atoms with E-state index in [0.29, 0.717) is 6.61 Å². The van der Waals surface area contributed by atoms with E-state index in [1.807, 2.05) is 6.92 Å². The normalized spacial score (nSPS) is 30.5. The van der Waals surface area contributed by atoms with Crippen molar-refractivity contribution in [3.63, 3.8) is 0 Å². The lowest BCUT2D eigenvalue weighted by Gasteiger charge is -2.31. The van der Waals surface area contributed by atoms with E-state index in [-0.39, 0.29) is 23.6 Å². The zero-order chi connectivity index (χ0) is 11.6. The van der Waals surface area contributed by atoms with E-state index in [9.17, 15) is 4.79 Å². The van der Waals surface area contributed by atoms with Gasteiger partial charge in [0, 0.05) is 18.8 Å². The van der Waals surface area contributed by atoms with Crippen molar-refractivity contribution in [1.29, 1.82) is 0 Å². The molecule has 0 radical (unpaired) electrons. The Kier molecular flexibility index (Phi) is 3.65. The van der Waals surface area contributed by atoms with Crippen LogP contribution < -0.4 is 0 Å². The minimum Gasteiger partial charge on any atom is -0.347 e. The van der Waals surface area contributed by atoms with Crippen LogP contribution in [-0.4, -0.2) is 24.3 Å². The van der Waals surface area contributed by atoms with Gasteiger partial charge in [0.2, 0.25) is 0 Å². The third-order valence-corrected chi connectivity index (χ3v) is 3.84. The molecule has 1 aliphatic carbocycles. The average molecular weight is 226 g/mol. The molecule has 1 heterocycles. The average Bonchev–Trinajstić information content (AvgIpc) is 2.62. The molecule has 2 aliphatic rings. The maximum atomic E-state index is 11.2. The SMILES string of the molecule is CC(=O)C(C)C[C@H]1COC2(CCCCC2)O1. The van der Waals surface area contributed by atoms with Crippen molar-refractivity contribution in [2.24, 2.45) is 5.92 Å². The van der Waals surface area contributed by atoms with Gasteiger partial charge in [0.05, 0.1) is 12.7 Å². The van der Waals surface area contributed by atoms with Gasteiger partial charge < -0.3 is 9.47 Å². The molecule has 2 fully saturated rings. The number of carbonyl (C=O) groups excluding carboxylic acids is 1. The number of Topliss-reactive ketones (excluding diaryl/α,β-unsaturated/α-hetero) is 1. The molecule has 2 rings (SSSR count). The summed E-state index contributed by atoms with van der Waals surface area (Å²) in [6.45, 7) is 4.28. The third-order valence-electron chi connectivity index (χ3n) is 3.84. The summed E-state index contributed by atoms with van der Waals surface area (Å²) in [6.07, 6.45) is 6.68. The molecular formula is C13H22O3. The minimum absolute atomic E-state index is 0.0901. The van der Waals surface area contributed by atoms with Crippen molar-refractivity contribution in [1.82, 2.24) is 0 Å². The summed E-state index contributed by atoms with van der Waals surface area (Å²) >= 11 is 0. The van der Waals surface area contributed by atoms with Crippen molar-refractivity contribution >= 4 is 5.78 Å². The molecule has 0 aromatic carbocycles. The molecule has 1 saturated heterocycles. The fourth-order valence-corrected chi connectivity index (χ4v) is 2.65. The summed E-state index contributed by atoms with van der Waals surface area (Å²) in [5.74, 6) is 0.0416. The van der Waals surface area contributed by atoms with Crippen LogP contribution in [0.2, 0.25) is 0 Å². The maximum absolute atomic E-state index is 11.2. The maximum Gasteiger partial charge on any atom is 0.168 e. The van der Waals surface area contributed by atoms with Crippen LogP contribution in [-0.2, 0) is 14.3 Å². The Morgan fingerprint density at radius 1 is 1.38 bits per heavy atom. The molecule has 92 valence electrons. The Balaban J connectivity index is 1.85. The Bertz CT molecular complexity index is 256. The monoisotopic (exact) mass is 226 g/mol. The van der Waals surface area contributed by atoms with Crippen molar-refractivity contribution in [2.75, 3.05) is 6.61 Å². The van der Waals surface area contributed by atoms with Gasteiger partial charge in [-0.3, -0.25) is 4.79 Å². The third kappa shape index (κ3) is 2.64. The highest BCUT2D eigenvalue weighted by Gasteiger charge is 2.42. The lowest BCUT2D eigenvalue weighted by Crippen LogP contribution is -2.33. The molecule has 1 spiro atoms. The predicted octanol–water partition coefficient (Wildman–Crippen LogP) is 2.68. The van der Waals surface area contributed by atoms with E-state index in [1.165, 1.54) is 19.3 Å². The van der Waals surface area contributed by atoms with E-state index in [1.54, 1.807) is 6.92 Å². The highest BCUT2D eigenvalue weighted by Crippen LogP contribution is 2.38. The summed E-state index contributed by atoms with van der Waals surface area (Å²) in [5.41, 5.74) is 0. The molecule has 0 aromatic heterocycles. The van der Waals surface area contributed by atoms with Crippen LogP contribution in [0.1, 0.15) is 52.4 Å². The van der Waals surface area contributed by atoms with Crippen LogP contribution >= 0.6 is 0 Å². The second kappa shape index (κ2) is 4.84. The first kappa shape index (κ1) is 12.1. The van der Waals surface area contributed by atoms with Crippen LogP contribution in [0.15, 0.2) is 0 Å². The molecule has 1 saturated carbocycles. The number of hydrogen-bond acceptors (Lipinski definition) is 3. The Labute approximate surface area is 97.5 Å². The summed E-state index contributed by atoms with van der Waals surface area (Å²) in [7, 11) is 0. The Morgan fingerprint density at radius 2 is 2.06 bits per heavy atom. The molecule has 0 N–H and O–H groups in total. The van der Waals surface area contributed by atoms with E-state index in [4.69, 9.17) is 9.47 Å². The number of ketones is 1. The van der Waals surface area contributed by atoms with E-state index in [0.717, 1.165) is 19.3 Å². The first-order chi connectivity index (χ1) is 7.61. The number of rotatable bonds is 3. The Hall–Kier alpha value is -0.410. The van der Waals surface area contributed by atoms with E-state index >= 15 is 0 Å². The fourth-order valence-electron chi connectivity index (χ4n) is 2.65. The molecule has 16 heavy (non-hydrogen) atoms. The van der Waals surface area contributed by atoms with Gasteiger partial charge in [-0.2, -0.15) is 0 Å². The fraction of sp³-hybridized carbons (Fsp3) is 0.923. The molecule has 0 bridgehead atoms. The quantitative estimate of drug-likeness (QED) is 0.742. The van der Waals surface area contributed by atoms with Crippen LogP contribution in [0.4, 0.5) is 0 Å². The highest BCUT2D eigenvalue weighted by molar-refractivity contribution is 5.77. The largest absolute Gasteiger partial charge is 0.347 e. The second-order valence-electron chi connectivity index (χ2n) is 5.27. The summed E-state index contributed by atoms with van der Waals surface area (Å²) < 4.78 is 11.9. The number of ether oxygens (including phenoxy) is 2.